The molecular formula is C14H22N4O4S. The van der Waals surface area contributed by atoms with Crippen molar-refractivity contribution in [3.05, 3.63) is 11.4 Å². The molecule has 1 aromatic heterocycles. The van der Waals surface area contributed by atoms with Crippen molar-refractivity contribution in [2.45, 2.75) is 25.3 Å². The molecule has 3 rings (SSSR count). The average molecular weight is 342 g/mol. The molecule has 9 heteroatoms. The molecule has 0 N–H and O–H groups in total. The Balaban J connectivity index is 1.77. The highest BCUT2D eigenvalue weighted by atomic mass is 32.2. The quantitative estimate of drug-likeness (QED) is 0.705. The molecule has 1 saturated carbocycles. The molecule has 0 radical (unpaired) electrons. The first-order valence-electron chi connectivity index (χ1n) is 7.78. The first kappa shape index (κ1) is 16.4. The Bertz CT molecular complexity index is 696. The number of carbonyl (C=O) groups excluding carboxylic acids is 1. The lowest BCUT2D eigenvalue weighted by Crippen LogP contribution is -2.44. The number of carbonyl (C=O) groups is 1. The van der Waals surface area contributed by atoms with Crippen LogP contribution < -0.4 is 0 Å². The highest BCUT2D eigenvalue weighted by Gasteiger charge is 2.36. The Kier molecular flexibility index (Phi) is 4.41. The molecule has 1 atom stereocenters. The van der Waals surface area contributed by atoms with E-state index in [1.807, 2.05) is 7.05 Å². The number of ether oxygens (including phenoxy) is 1. The van der Waals surface area contributed by atoms with Crippen molar-refractivity contribution in [3.63, 3.8) is 0 Å². The Morgan fingerprint density at radius 3 is 2.74 bits per heavy atom. The summed E-state index contributed by atoms with van der Waals surface area (Å²) in [5.41, 5.74) is 1.70. The standard InChI is InChI=1S/C14H22N4O4S/c1-17-11-5-6-18(13(19)9-23(2,20)21)12(14(11)15-16-17)8-22-7-10-3-4-10/h10,12H,3-9H2,1-2H3/t12-/m0/s1. The predicted octanol–water partition coefficient (Wildman–Crippen LogP) is -0.288. The second-order valence-electron chi connectivity index (χ2n) is 6.45. The summed E-state index contributed by atoms with van der Waals surface area (Å²) in [6.07, 6.45) is 4.07. The molecule has 1 aliphatic carbocycles. The third-order valence-electron chi connectivity index (χ3n) is 4.29. The van der Waals surface area contributed by atoms with E-state index in [-0.39, 0.29) is 6.04 Å². The summed E-state index contributed by atoms with van der Waals surface area (Å²) in [5.74, 6) is -0.259. The van der Waals surface area contributed by atoms with E-state index in [9.17, 15) is 13.2 Å². The van der Waals surface area contributed by atoms with Gasteiger partial charge in [-0.15, -0.1) is 5.10 Å². The van der Waals surface area contributed by atoms with Crippen LogP contribution in [0.1, 0.15) is 30.3 Å². The number of aryl methyl sites for hydroxylation is 1. The number of hydrogen-bond acceptors (Lipinski definition) is 6. The van der Waals surface area contributed by atoms with E-state index in [0.717, 1.165) is 17.6 Å². The number of hydrogen-bond donors (Lipinski definition) is 0. The first-order valence-corrected chi connectivity index (χ1v) is 9.84. The van der Waals surface area contributed by atoms with Crippen LogP contribution in [0.5, 0.6) is 0 Å². The van der Waals surface area contributed by atoms with Crippen LogP contribution in [0.15, 0.2) is 0 Å². The molecule has 1 amide bonds. The summed E-state index contributed by atoms with van der Waals surface area (Å²) in [6.45, 7) is 1.47. The van der Waals surface area contributed by atoms with Gasteiger partial charge in [0.25, 0.3) is 0 Å². The summed E-state index contributed by atoms with van der Waals surface area (Å²) in [5, 5.41) is 8.20. The van der Waals surface area contributed by atoms with Gasteiger partial charge in [-0.1, -0.05) is 5.21 Å². The minimum absolute atomic E-state index is 0.331. The molecule has 1 fully saturated rings. The molecular weight excluding hydrogens is 320 g/mol. The minimum Gasteiger partial charge on any atom is -0.379 e. The third-order valence-corrected chi connectivity index (χ3v) is 5.06. The lowest BCUT2D eigenvalue weighted by atomic mass is 10.0. The maximum Gasteiger partial charge on any atom is 0.238 e. The Hall–Kier alpha value is -1.48. The van der Waals surface area contributed by atoms with E-state index in [4.69, 9.17) is 4.74 Å². The van der Waals surface area contributed by atoms with Gasteiger partial charge in [0, 0.05) is 32.9 Å². The molecule has 23 heavy (non-hydrogen) atoms. The zero-order valence-corrected chi connectivity index (χ0v) is 14.3. The summed E-state index contributed by atoms with van der Waals surface area (Å²) in [7, 11) is -1.54. The average Bonchev–Trinajstić information content (AvgIpc) is 3.20. The van der Waals surface area contributed by atoms with Crippen molar-refractivity contribution < 1.29 is 17.9 Å². The molecule has 128 valence electrons. The summed E-state index contributed by atoms with van der Waals surface area (Å²) in [4.78, 5) is 14.0. The van der Waals surface area contributed by atoms with Gasteiger partial charge in [-0.25, -0.2) is 8.42 Å². The van der Waals surface area contributed by atoms with Crippen LogP contribution in [0.4, 0.5) is 0 Å². The Morgan fingerprint density at radius 2 is 2.09 bits per heavy atom. The highest BCUT2D eigenvalue weighted by Crippen LogP contribution is 2.31. The molecule has 0 bridgehead atoms. The van der Waals surface area contributed by atoms with Crippen LogP contribution in [-0.2, 0) is 32.8 Å². The van der Waals surface area contributed by atoms with Gasteiger partial charge < -0.3 is 9.64 Å². The van der Waals surface area contributed by atoms with Crippen molar-refractivity contribution >= 4 is 15.7 Å². The molecule has 0 saturated heterocycles. The van der Waals surface area contributed by atoms with Crippen molar-refractivity contribution in [3.8, 4) is 0 Å². The van der Waals surface area contributed by atoms with Crippen LogP contribution >= 0.6 is 0 Å². The molecule has 2 aliphatic rings. The maximum atomic E-state index is 12.4. The van der Waals surface area contributed by atoms with Gasteiger partial charge in [0.1, 0.15) is 17.5 Å². The molecule has 0 unspecified atom stereocenters. The third kappa shape index (κ3) is 3.89. The fourth-order valence-corrected chi connectivity index (χ4v) is 3.49. The van der Waals surface area contributed by atoms with Crippen LogP contribution in [0.3, 0.4) is 0 Å². The summed E-state index contributed by atoms with van der Waals surface area (Å²) < 4.78 is 30.3. The molecule has 2 heterocycles. The van der Waals surface area contributed by atoms with Crippen molar-refractivity contribution in [1.82, 2.24) is 19.9 Å². The van der Waals surface area contributed by atoms with Crippen LogP contribution in [0.25, 0.3) is 0 Å². The summed E-state index contributed by atoms with van der Waals surface area (Å²) in [6, 6.07) is -0.361. The van der Waals surface area contributed by atoms with Crippen LogP contribution in [0, 0.1) is 5.92 Å². The Morgan fingerprint density at radius 1 is 1.35 bits per heavy atom. The van der Waals surface area contributed by atoms with E-state index in [2.05, 4.69) is 10.3 Å². The van der Waals surface area contributed by atoms with Gasteiger partial charge in [-0.3, -0.25) is 9.48 Å². The van der Waals surface area contributed by atoms with Gasteiger partial charge >= 0.3 is 0 Å². The molecule has 0 aromatic carbocycles. The number of aromatic nitrogens is 3. The van der Waals surface area contributed by atoms with Crippen molar-refractivity contribution in [2.24, 2.45) is 13.0 Å². The van der Waals surface area contributed by atoms with Gasteiger partial charge in [0.2, 0.25) is 5.91 Å². The lowest BCUT2D eigenvalue weighted by molar-refractivity contribution is -0.133. The predicted molar refractivity (Wildman–Crippen MR) is 82.4 cm³/mol. The smallest absolute Gasteiger partial charge is 0.238 e. The highest BCUT2D eigenvalue weighted by molar-refractivity contribution is 7.91. The van der Waals surface area contributed by atoms with Crippen LogP contribution in [0.2, 0.25) is 0 Å². The monoisotopic (exact) mass is 342 g/mol. The van der Waals surface area contributed by atoms with E-state index in [1.54, 1.807) is 9.58 Å². The molecule has 0 spiro atoms. The van der Waals surface area contributed by atoms with E-state index < -0.39 is 21.5 Å². The largest absolute Gasteiger partial charge is 0.379 e. The van der Waals surface area contributed by atoms with E-state index in [0.29, 0.717) is 32.1 Å². The lowest BCUT2D eigenvalue weighted by Gasteiger charge is -2.34. The fourth-order valence-electron chi connectivity index (χ4n) is 2.88. The topological polar surface area (TPSA) is 94.4 Å². The maximum absolute atomic E-state index is 12.4. The second-order valence-corrected chi connectivity index (χ2v) is 8.59. The van der Waals surface area contributed by atoms with E-state index in [1.165, 1.54) is 12.8 Å². The number of fused-ring (bicyclic) bond motifs is 1. The number of rotatable bonds is 6. The first-order chi connectivity index (χ1) is 10.8. The fraction of sp³-hybridized carbons (Fsp3) is 0.786. The number of nitrogens with zero attached hydrogens (tertiary/aromatic N) is 4. The van der Waals surface area contributed by atoms with Gasteiger partial charge in [0.15, 0.2) is 9.84 Å². The van der Waals surface area contributed by atoms with Crippen molar-refractivity contribution in [2.75, 3.05) is 31.8 Å². The zero-order valence-electron chi connectivity index (χ0n) is 13.4. The number of amides is 1. The second kappa shape index (κ2) is 6.20. The molecule has 8 nitrogen and oxygen atoms in total. The van der Waals surface area contributed by atoms with E-state index >= 15 is 0 Å². The molecule has 1 aromatic rings. The minimum atomic E-state index is -3.37. The Labute approximate surface area is 135 Å². The zero-order chi connectivity index (χ0) is 16.6. The van der Waals surface area contributed by atoms with Gasteiger partial charge in [-0.2, -0.15) is 0 Å². The number of sulfone groups is 1. The van der Waals surface area contributed by atoms with Gasteiger partial charge in [-0.05, 0) is 18.8 Å². The SMILES string of the molecule is Cn1nnc2c1CCN(C(=O)CS(C)(=O)=O)[C@H]2COCC1CC1. The summed E-state index contributed by atoms with van der Waals surface area (Å²) >= 11 is 0. The van der Waals surface area contributed by atoms with Crippen LogP contribution in [-0.4, -0.2) is 66.0 Å². The van der Waals surface area contributed by atoms with Gasteiger partial charge in [0.05, 0.1) is 12.3 Å². The van der Waals surface area contributed by atoms with Crippen molar-refractivity contribution in [1.29, 1.82) is 0 Å². The molecule has 1 aliphatic heterocycles. The normalized spacial score (nSPS) is 21.3.